The highest BCUT2D eigenvalue weighted by Gasteiger charge is 2.36. The zero-order valence-electron chi connectivity index (χ0n) is 9.31. The number of nitrogens with one attached hydrogen (secondary N) is 1. The Bertz CT molecular complexity index is 426. The van der Waals surface area contributed by atoms with Gasteiger partial charge in [-0.3, -0.25) is 0 Å². The minimum Gasteiger partial charge on any atom is -0.380 e. The fraction of sp³-hybridized carbons (Fsp3) is 0.545. The van der Waals surface area contributed by atoms with Gasteiger partial charge in [0, 0.05) is 12.0 Å². The Hall–Kier alpha value is -1.26. The van der Waals surface area contributed by atoms with E-state index in [-0.39, 0.29) is 12.0 Å². The van der Waals surface area contributed by atoms with Gasteiger partial charge in [-0.15, -0.1) is 0 Å². The molecule has 2 heterocycles. The molecule has 0 fully saturated rings. The van der Waals surface area contributed by atoms with Gasteiger partial charge in [-0.1, -0.05) is 6.92 Å². The zero-order chi connectivity index (χ0) is 12.1. The number of alkyl halides is 3. The van der Waals surface area contributed by atoms with Gasteiger partial charge in [0.15, 0.2) is 0 Å². The monoisotopic (exact) mass is 230 g/mol. The molecule has 0 aliphatic carbocycles. The van der Waals surface area contributed by atoms with Crippen molar-refractivity contribution in [3.05, 3.63) is 23.0 Å². The lowest BCUT2D eigenvalue weighted by Crippen LogP contribution is -2.13. The first kappa shape index (κ1) is 11.2. The van der Waals surface area contributed by atoms with Crippen molar-refractivity contribution >= 4 is 5.69 Å². The maximum Gasteiger partial charge on any atom is 0.433 e. The molecule has 1 aliphatic heterocycles. The molecule has 0 aromatic carbocycles. The van der Waals surface area contributed by atoms with Gasteiger partial charge in [-0.05, 0) is 25.5 Å². The van der Waals surface area contributed by atoms with Crippen molar-refractivity contribution in [2.45, 2.75) is 38.9 Å². The highest BCUT2D eigenvalue weighted by atomic mass is 19.4. The first-order valence-corrected chi connectivity index (χ1v) is 5.16. The second kappa shape index (κ2) is 3.37. The Morgan fingerprint density at radius 2 is 1.94 bits per heavy atom. The van der Waals surface area contributed by atoms with E-state index < -0.39 is 11.9 Å². The summed E-state index contributed by atoms with van der Waals surface area (Å²) in [6.07, 6.45) is -4.37. The molecule has 2 atom stereocenters. The van der Waals surface area contributed by atoms with E-state index >= 15 is 0 Å². The van der Waals surface area contributed by atoms with Crippen LogP contribution in [0.2, 0.25) is 0 Å². The molecule has 1 aromatic heterocycles. The molecule has 0 amide bonds. The van der Waals surface area contributed by atoms with E-state index in [9.17, 15) is 13.2 Å². The Labute approximate surface area is 91.9 Å². The van der Waals surface area contributed by atoms with Crippen molar-refractivity contribution in [1.29, 1.82) is 0 Å². The molecule has 1 aromatic rings. The van der Waals surface area contributed by atoms with Gasteiger partial charge >= 0.3 is 6.18 Å². The molecule has 1 aliphatic rings. The number of nitrogens with zero attached hydrogens (tertiary/aromatic N) is 1. The van der Waals surface area contributed by atoms with Crippen molar-refractivity contribution in [2.75, 3.05) is 5.32 Å². The molecule has 16 heavy (non-hydrogen) atoms. The van der Waals surface area contributed by atoms with Gasteiger partial charge in [-0.25, -0.2) is 4.98 Å². The van der Waals surface area contributed by atoms with Crippen molar-refractivity contribution in [2.24, 2.45) is 0 Å². The minimum atomic E-state index is -4.37. The van der Waals surface area contributed by atoms with Crippen LogP contribution in [-0.4, -0.2) is 11.0 Å². The van der Waals surface area contributed by atoms with Gasteiger partial charge in [0.05, 0.1) is 11.4 Å². The van der Waals surface area contributed by atoms with Crippen molar-refractivity contribution in [1.82, 2.24) is 4.98 Å². The second-order valence-electron chi connectivity index (χ2n) is 4.30. The number of anilines is 1. The molecule has 88 valence electrons. The van der Waals surface area contributed by atoms with Gasteiger partial charge in [0.1, 0.15) is 5.69 Å². The van der Waals surface area contributed by atoms with Crippen LogP contribution in [0.15, 0.2) is 6.07 Å². The van der Waals surface area contributed by atoms with E-state index in [0.29, 0.717) is 11.3 Å². The lowest BCUT2D eigenvalue weighted by molar-refractivity contribution is -0.141. The van der Waals surface area contributed by atoms with Gasteiger partial charge < -0.3 is 5.32 Å². The normalized spacial score (nSPS) is 24.1. The Balaban J connectivity index is 2.55. The summed E-state index contributed by atoms with van der Waals surface area (Å²) < 4.78 is 37.7. The maximum atomic E-state index is 12.6. The predicted molar refractivity (Wildman–Crippen MR) is 55.5 cm³/mol. The number of fused-ring (bicyclic) bond motifs is 1. The Morgan fingerprint density at radius 1 is 1.31 bits per heavy atom. The van der Waals surface area contributed by atoms with Gasteiger partial charge in [0.25, 0.3) is 0 Å². The summed E-state index contributed by atoms with van der Waals surface area (Å²) in [6.45, 7) is 5.50. The van der Waals surface area contributed by atoms with Crippen LogP contribution >= 0.6 is 0 Å². The molecule has 2 rings (SSSR count). The highest BCUT2D eigenvalue weighted by Crippen LogP contribution is 2.39. The SMILES string of the molecule is Cc1cc(C(F)(F)F)nc2c1NC(C)C2C. The fourth-order valence-corrected chi connectivity index (χ4v) is 1.95. The molecular formula is C11H13F3N2. The highest BCUT2D eigenvalue weighted by molar-refractivity contribution is 5.61. The molecule has 0 bridgehead atoms. The standard InChI is InChI=1S/C11H13F3N2/c1-5-4-8(11(12,13)14)16-10-6(2)7(3)15-9(5)10/h4,6-7,15H,1-3H3. The summed E-state index contributed by atoms with van der Waals surface area (Å²) in [7, 11) is 0. The smallest absolute Gasteiger partial charge is 0.380 e. The van der Waals surface area contributed by atoms with Crippen LogP contribution in [0.4, 0.5) is 18.9 Å². The van der Waals surface area contributed by atoms with Crippen LogP contribution in [-0.2, 0) is 6.18 Å². The second-order valence-corrected chi connectivity index (χ2v) is 4.30. The number of aryl methyl sites for hydroxylation is 1. The van der Waals surface area contributed by atoms with E-state index in [0.717, 1.165) is 11.8 Å². The average Bonchev–Trinajstić information content (AvgIpc) is 2.44. The topological polar surface area (TPSA) is 24.9 Å². The van der Waals surface area contributed by atoms with Crippen LogP contribution in [0.5, 0.6) is 0 Å². The molecule has 1 N–H and O–H groups in total. The van der Waals surface area contributed by atoms with Gasteiger partial charge in [-0.2, -0.15) is 13.2 Å². The first-order chi connectivity index (χ1) is 7.30. The lowest BCUT2D eigenvalue weighted by Gasteiger charge is -2.11. The lowest BCUT2D eigenvalue weighted by atomic mass is 10.0. The fourth-order valence-electron chi connectivity index (χ4n) is 1.95. The van der Waals surface area contributed by atoms with Gasteiger partial charge in [0.2, 0.25) is 0 Å². The van der Waals surface area contributed by atoms with E-state index in [1.165, 1.54) is 0 Å². The Kier molecular flexibility index (Phi) is 2.36. The summed E-state index contributed by atoms with van der Waals surface area (Å²) in [6, 6.07) is 1.22. The molecule has 0 radical (unpaired) electrons. The van der Waals surface area contributed by atoms with Crippen LogP contribution in [0.25, 0.3) is 0 Å². The third-order valence-electron chi connectivity index (χ3n) is 3.09. The third-order valence-corrected chi connectivity index (χ3v) is 3.09. The molecule has 0 saturated heterocycles. The average molecular weight is 230 g/mol. The Morgan fingerprint density at radius 3 is 2.50 bits per heavy atom. The quantitative estimate of drug-likeness (QED) is 0.739. The minimum absolute atomic E-state index is 0.0102. The predicted octanol–water partition coefficient (Wildman–Crippen LogP) is 3.33. The van der Waals surface area contributed by atoms with Crippen LogP contribution in [0, 0.1) is 6.92 Å². The van der Waals surface area contributed by atoms with E-state index in [2.05, 4.69) is 10.3 Å². The summed E-state index contributed by atoms with van der Waals surface area (Å²) in [5, 5.41) is 3.16. The maximum absolute atomic E-state index is 12.6. The summed E-state index contributed by atoms with van der Waals surface area (Å²) in [4.78, 5) is 3.73. The molecular weight excluding hydrogens is 217 g/mol. The van der Waals surface area contributed by atoms with E-state index in [4.69, 9.17) is 0 Å². The molecule has 0 spiro atoms. The van der Waals surface area contributed by atoms with Crippen LogP contribution in [0.1, 0.15) is 36.7 Å². The van der Waals surface area contributed by atoms with Crippen molar-refractivity contribution in [3.8, 4) is 0 Å². The van der Waals surface area contributed by atoms with Crippen LogP contribution in [0.3, 0.4) is 0 Å². The van der Waals surface area contributed by atoms with Crippen LogP contribution < -0.4 is 5.32 Å². The number of halogens is 3. The first-order valence-electron chi connectivity index (χ1n) is 5.16. The number of hydrogen-bond acceptors (Lipinski definition) is 2. The molecule has 2 unspecified atom stereocenters. The van der Waals surface area contributed by atoms with Crippen molar-refractivity contribution in [3.63, 3.8) is 0 Å². The molecule has 0 saturated carbocycles. The third kappa shape index (κ3) is 1.64. The number of rotatable bonds is 0. The van der Waals surface area contributed by atoms with E-state index in [1.807, 2.05) is 13.8 Å². The summed E-state index contributed by atoms with van der Waals surface area (Å²) in [5.41, 5.74) is 1.09. The number of aromatic nitrogens is 1. The summed E-state index contributed by atoms with van der Waals surface area (Å²) >= 11 is 0. The number of pyridine rings is 1. The van der Waals surface area contributed by atoms with E-state index in [1.54, 1.807) is 6.92 Å². The largest absolute Gasteiger partial charge is 0.433 e. The van der Waals surface area contributed by atoms with Crippen molar-refractivity contribution < 1.29 is 13.2 Å². The molecule has 2 nitrogen and oxygen atoms in total. The number of hydrogen-bond donors (Lipinski definition) is 1. The summed E-state index contributed by atoms with van der Waals surface area (Å²) in [5.74, 6) is 0.0102. The zero-order valence-corrected chi connectivity index (χ0v) is 9.31. The molecule has 5 heteroatoms.